The third kappa shape index (κ3) is 2.77. The van der Waals surface area contributed by atoms with Crippen LogP contribution in [-0.2, 0) is 0 Å². The van der Waals surface area contributed by atoms with Crippen LogP contribution in [0, 0.1) is 23.2 Å². The van der Waals surface area contributed by atoms with Crippen LogP contribution in [-0.4, -0.2) is 50.9 Å². The minimum Gasteiger partial charge on any atom is -0.356 e. The molecule has 0 bridgehead atoms. The molecular formula is C19H18N8. The van der Waals surface area contributed by atoms with Gasteiger partial charge in [-0.15, -0.1) is 0 Å². The van der Waals surface area contributed by atoms with E-state index in [1.807, 2.05) is 30.5 Å². The van der Waals surface area contributed by atoms with E-state index in [1.54, 1.807) is 23.4 Å². The fraction of sp³-hybridized carbons (Fsp3) is 0.316. The maximum absolute atomic E-state index is 9.33. The average molecular weight is 358 g/mol. The smallest absolute Gasteiger partial charge is 0.158 e. The van der Waals surface area contributed by atoms with Crippen LogP contribution < -0.4 is 9.80 Å². The normalized spacial score (nSPS) is 21.3. The summed E-state index contributed by atoms with van der Waals surface area (Å²) in [5.41, 5.74) is 0.647. The lowest BCUT2D eigenvalue weighted by atomic mass is 10.0. The summed E-state index contributed by atoms with van der Waals surface area (Å²) in [6.07, 6.45) is 6.97. The van der Waals surface area contributed by atoms with Crippen LogP contribution in [0.3, 0.4) is 0 Å². The zero-order valence-corrected chi connectivity index (χ0v) is 14.7. The van der Waals surface area contributed by atoms with E-state index >= 15 is 0 Å². The SMILES string of the molecule is N#Cc1cccnc1N1CC2CN(c3cc(-n4cccn4)ncn3)CC2C1. The highest BCUT2D eigenvalue weighted by Crippen LogP contribution is 2.35. The van der Waals surface area contributed by atoms with E-state index in [0.717, 1.165) is 43.6 Å². The standard InChI is InChI=1S/C19H18N8/c20-8-14-3-1-4-21-19(14)26-11-15-9-25(10-16(15)12-26)17-7-18(23-13-22-17)27-6-2-5-24-27/h1-7,13,15-16H,9-12H2. The molecule has 0 radical (unpaired) electrons. The zero-order chi connectivity index (χ0) is 18.2. The first kappa shape index (κ1) is 15.8. The van der Waals surface area contributed by atoms with Crippen LogP contribution in [0.25, 0.3) is 5.82 Å². The quantitative estimate of drug-likeness (QED) is 0.701. The monoisotopic (exact) mass is 358 g/mol. The largest absolute Gasteiger partial charge is 0.356 e. The Morgan fingerprint density at radius 3 is 2.44 bits per heavy atom. The van der Waals surface area contributed by atoms with Gasteiger partial charge in [-0.1, -0.05) is 0 Å². The van der Waals surface area contributed by atoms with E-state index < -0.39 is 0 Å². The fourth-order valence-electron chi connectivity index (χ4n) is 4.13. The summed E-state index contributed by atoms with van der Waals surface area (Å²) in [6, 6.07) is 9.76. The first-order chi connectivity index (χ1) is 13.3. The van der Waals surface area contributed by atoms with Gasteiger partial charge in [0.05, 0.1) is 5.56 Å². The highest BCUT2D eigenvalue weighted by molar-refractivity contribution is 5.55. The number of pyridine rings is 1. The second kappa shape index (κ2) is 6.36. The van der Waals surface area contributed by atoms with Crippen molar-refractivity contribution in [1.82, 2.24) is 24.7 Å². The molecule has 5 heterocycles. The summed E-state index contributed by atoms with van der Waals surface area (Å²) in [7, 11) is 0. The summed E-state index contributed by atoms with van der Waals surface area (Å²) in [5.74, 6) is 3.61. The Morgan fingerprint density at radius 2 is 1.70 bits per heavy atom. The van der Waals surface area contributed by atoms with E-state index in [2.05, 4.69) is 35.9 Å². The van der Waals surface area contributed by atoms with Gasteiger partial charge in [0.15, 0.2) is 5.82 Å². The van der Waals surface area contributed by atoms with E-state index in [4.69, 9.17) is 0 Å². The molecule has 0 saturated carbocycles. The van der Waals surface area contributed by atoms with Crippen molar-refractivity contribution in [3.8, 4) is 11.9 Å². The topological polar surface area (TPSA) is 86.8 Å². The second-order valence-corrected chi connectivity index (χ2v) is 7.00. The minimum absolute atomic E-state index is 0.543. The summed E-state index contributed by atoms with van der Waals surface area (Å²) in [5, 5.41) is 13.6. The van der Waals surface area contributed by atoms with Gasteiger partial charge in [-0.3, -0.25) is 0 Å². The number of fused-ring (bicyclic) bond motifs is 1. The Bertz CT molecular complexity index is 979. The molecule has 27 heavy (non-hydrogen) atoms. The van der Waals surface area contributed by atoms with Crippen LogP contribution in [0.5, 0.6) is 0 Å². The third-order valence-corrected chi connectivity index (χ3v) is 5.39. The van der Waals surface area contributed by atoms with Crippen LogP contribution in [0.2, 0.25) is 0 Å². The Labute approximate surface area is 156 Å². The van der Waals surface area contributed by atoms with E-state index in [0.29, 0.717) is 17.4 Å². The van der Waals surface area contributed by atoms with Crippen molar-refractivity contribution in [3.63, 3.8) is 0 Å². The lowest BCUT2D eigenvalue weighted by Crippen LogP contribution is -2.30. The molecular weight excluding hydrogens is 340 g/mol. The van der Waals surface area contributed by atoms with Gasteiger partial charge < -0.3 is 9.80 Å². The molecule has 2 atom stereocenters. The van der Waals surface area contributed by atoms with Crippen LogP contribution in [0.15, 0.2) is 49.2 Å². The number of hydrogen-bond acceptors (Lipinski definition) is 7. The molecule has 0 aromatic carbocycles. The Balaban J connectivity index is 1.32. The summed E-state index contributed by atoms with van der Waals surface area (Å²) in [6.45, 7) is 3.74. The lowest BCUT2D eigenvalue weighted by molar-refractivity contribution is 0.533. The summed E-state index contributed by atoms with van der Waals surface area (Å²) < 4.78 is 1.74. The molecule has 0 N–H and O–H groups in total. The molecule has 5 rings (SSSR count). The molecule has 2 fully saturated rings. The van der Waals surface area contributed by atoms with E-state index in [9.17, 15) is 5.26 Å². The molecule has 2 unspecified atom stereocenters. The van der Waals surface area contributed by atoms with Crippen LogP contribution in [0.1, 0.15) is 5.56 Å². The van der Waals surface area contributed by atoms with Crippen LogP contribution >= 0.6 is 0 Å². The molecule has 2 aliphatic heterocycles. The van der Waals surface area contributed by atoms with Crippen molar-refractivity contribution in [2.75, 3.05) is 36.0 Å². The maximum atomic E-state index is 9.33. The highest BCUT2D eigenvalue weighted by Gasteiger charge is 2.41. The van der Waals surface area contributed by atoms with E-state index in [1.165, 1.54) is 0 Å². The van der Waals surface area contributed by atoms with Crippen molar-refractivity contribution in [2.24, 2.45) is 11.8 Å². The fourth-order valence-corrected chi connectivity index (χ4v) is 4.13. The number of nitriles is 1. The van der Waals surface area contributed by atoms with Crippen molar-refractivity contribution in [2.45, 2.75) is 0 Å². The molecule has 2 aliphatic rings. The number of rotatable bonds is 3. The summed E-state index contributed by atoms with van der Waals surface area (Å²) >= 11 is 0. The predicted octanol–water partition coefficient (Wildman–Crippen LogP) is 1.50. The molecule has 8 nitrogen and oxygen atoms in total. The van der Waals surface area contributed by atoms with Gasteiger partial charge in [-0.2, -0.15) is 10.4 Å². The molecule has 0 aliphatic carbocycles. The second-order valence-electron chi connectivity index (χ2n) is 7.00. The van der Waals surface area contributed by atoms with Crippen molar-refractivity contribution < 1.29 is 0 Å². The molecule has 0 spiro atoms. The van der Waals surface area contributed by atoms with Crippen molar-refractivity contribution >= 4 is 11.6 Å². The molecule has 8 heteroatoms. The summed E-state index contributed by atoms with van der Waals surface area (Å²) in [4.78, 5) is 17.8. The molecule has 0 amide bonds. The number of anilines is 2. The van der Waals surface area contributed by atoms with Gasteiger partial charge in [-0.05, 0) is 18.2 Å². The van der Waals surface area contributed by atoms with Gasteiger partial charge in [-0.25, -0.2) is 19.6 Å². The third-order valence-electron chi connectivity index (χ3n) is 5.39. The first-order valence-electron chi connectivity index (χ1n) is 8.99. The Kier molecular flexibility index (Phi) is 3.71. The van der Waals surface area contributed by atoms with Gasteiger partial charge in [0.25, 0.3) is 0 Å². The molecule has 3 aromatic heterocycles. The molecule has 134 valence electrons. The minimum atomic E-state index is 0.543. The van der Waals surface area contributed by atoms with Gasteiger partial charge in [0, 0.05) is 62.7 Å². The van der Waals surface area contributed by atoms with E-state index in [-0.39, 0.29) is 0 Å². The Hall–Kier alpha value is -3.47. The maximum Gasteiger partial charge on any atom is 0.158 e. The van der Waals surface area contributed by atoms with Crippen molar-refractivity contribution in [1.29, 1.82) is 5.26 Å². The first-order valence-corrected chi connectivity index (χ1v) is 8.99. The number of aromatic nitrogens is 5. The van der Waals surface area contributed by atoms with Gasteiger partial charge >= 0.3 is 0 Å². The lowest BCUT2D eigenvalue weighted by Gasteiger charge is -2.23. The predicted molar refractivity (Wildman–Crippen MR) is 99.5 cm³/mol. The number of nitrogens with zero attached hydrogens (tertiary/aromatic N) is 8. The molecule has 2 saturated heterocycles. The van der Waals surface area contributed by atoms with Crippen molar-refractivity contribution in [3.05, 3.63) is 54.7 Å². The number of hydrogen-bond donors (Lipinski definition) is 0. The Morgan fingerprint density at radius 1 is 0.926 bits per heavy atom. The van der Waals surface area contributed by atoms with Crippen LogP contribution in [0.4, 0.5) is 11.6 Å². The van der Waals surface area contributed by atoms with Gasteiger partial charge in [0.2, 0.25) is 0 Å². The molecule has 3 aromatic rings. The highest BCUT2D eigenvalue weighted by atomic mass is 15.3. The van der Waals surface area contributed by atoms with Gasteiger partial charge in [0.1, 0.15) is 24.0 Å². The average Bonchev–Trinajstić information content (AvgIpc) is 3.44. The zero-order valence-electron chi connectivity index (χ0n) is 14.7.